The highest BCUT2D eigenvalue weighted by molar-refractivity contribution is 7.22. The van der Waals surface area contributed by atoms with Gasteiger partial charge in [0.05, 0.1) is 28.4 Å². The Morgan fingerprint density at radius 1 is 1.17 bits per heavy atom. The van der Waals surface area contributed by atoms with Gasteiger partial charge in [0.2, 0.25) is 11.8 Å². The number of amides is 2. The molecule has 6 nitrogen and oxygen atoms in total. The number of aromatic nitrogens is 1. The van der Waals surface area contributed by atoms with Crippen molar-refractivity contribution >= 4 is 61.5 Å². The summed E-state index contributed by atoms with van der Waals surface area (Å²) >= 11 is 7.86. The third-order valence-corrected chi connectivity index (χ3v) is 7.47. The van der Waals surface area contributed by atoms with Crippen LogP contribution in [0.3, 0.4) is 0 Å². The SMILES string of the molecule is CCOc1ccc(N2C[C@@H](C(=O)N(c3ccc(C)c(Cl)c3)c3nc4ccccc4s3)CC2=O)cc1. The first-order chi connectivity index (χ1) is 16.9. The van der Waals surface area contributed by atoms with Crippen molar-refractivity contribution in [2.75, 3.05) is 23.0 Å². The second-order valence-electron chi connectivity index (χ2n) is 8.40. The lowest BCUT2D eigenvalue weighted by Gasteiger charge is -2.24. The van der Waals surface area contributed by atoms with Crippen molar-refractivity contribution in [2.24, 2.45) is 5.92 Å². The van der Waals surface area contributed by atoms with Crippen LogP contribution in [-0.4, -0.2) is 29.9 Å². The van der Waals surface area contributed by atoms with E-state index in [9.17, 15) is 9.59 Å². The Morgan fingerprint density at radius 2 is 1.94 bits per heavy atom. The first-order valence-corrected chi connectivity index (χ1v) is 12.6. The largest absolute Gasteiger partial charge is 0.494 e. The van der Waals surface area contributed by atoms with Crippen molar-refractivity contribution in [3.05, 3.63) is 77.3 Å². The topological polar surface area (TPSA) is 62.7 Å². The van der Waals surface area contributed by atoms with Gasteiger partial charge in [-0.25, -0.2) is 4.98 Å². The van der Waals surface area contributed by atoms with E-state index < -0.39 is 5.92 Å². The van der Waals surface area contributed by atoms with E-state index in [1.807, 2.05) is 74.5 Å². The zero-order valence-corrected chi connectivity index (χ0v) is 21.0. The second kappa shape index (κ2) is 9.68. The van der Waals surface area contributed by atoms with Crippen LogP contribution in [0.4, 0.5) is 16.5 Å². The summed E-state index contributed by atoms with van der Waals surface area (Å²) in [6.45, 7) is 4.71. The quantitative estimate of drug-likeness (QED) is 0.305. The number of para-hydroxylation sites is 1. The molecule has 35 heavy (non-hydrogen) atoms. The normalized spacial score (nSPS) is 15.6. The van der Waals surface area contributed by atoms with Gasteiger partial charge in [0, 0.05) is 23.7 Å². The molecule has 3 aromatic carbocycles. The van der Waals surface area contributed by atoms with E-state index in [2.05, 4.69) is 0 Å². The summed E-state index contributed by atoms with van der Waals surface area (Å²) < 4.78 is 6.48. The lowest BCUT2D eigenvalue weighted by molar-refractivity contribution is -0.123. The number of carbonyl (C=O) groups excluding carboxylic acids is 2. The van der Waals surface area contributed by atoms with Gasteiger partial charge in [0.25, 0.3) is 0 Å². The maximum Gasteiger partial charge on any atom is 0.238 e. The number of aryl methyl sites for hydroxylation is 1. The Balaban J connectivity index is 1.47. The van der Waals surface area contributed by atoms with Crippen LogP contribution in [0.25, 0.3) is 10.2 Å². The fraction of sp³-hybridized carbons (Fsp3) is 0.222. The van der Waals surface area contributed by atoms with Gasteiger partial charge in [-0.2, -0.15) is 0 Å². The zero-order valence-electron chi connectivity index (χ0n) is 19.4. The molecule has 1 aliphatic rings. The molecule has 8 heteroatoms. The first kappa shape index (κ1) is 23.3. The van der Waals surface area contributed by atoms with Crippen LogP contribution in [-0.2, 0) is 9.59 Å². The molecule has 1 saturated heterocycles. The van der Waals surface area contributed by atoms with Crippen molar-refractivity contribution in [1.29, 1.82) is 0 Å². The molecule has 0 spiro atoms. The molecule has 0 radical (unpaired) electrons. The summed E-state index contributed by atoms with van der Waals surface area (Å²) in [5, 5.41) is 1.13. The molecule has 4 aromatic rings. The van der Waals surface area contributed by atoms with E-state index in [1.54, 1.807) is 15.9 Å². The van der Waals surface area contributed by atoms with Gasteiger partial charge < -0.3 is 9.64 Å². The minimum Gasteiger partial charge on any atom is -0.494 e. The Labute approximate surface area is 212 Å². The van der Waals surface area contributed by atoms with Crippen LogP contribution in [0.1, 0.15) is 18.9 Å². The molecule has 5 rings (SSSR count). The highest BCUT2D eigenvalue weighted by Crippen LogP contribution is 2.38. The molecule has 0 aliphatic carbocycles. The van der Waals surface area contributed by atoms with Gasteiger partial charge in [0.1, 0.15) is 5.75 Å². The van der Waals surface area contributed by atoms with Gasteiger partial charge in [-0.1, -0.05) is 41.1 Å². The fourth-order valence-corrected chi connectivity index (χ4v) is 5.37. The van der Waals surface area contributed by atoms with Crippen LogP contribution in [0.2, 0.25) is 5.02 Å². The zero-order chi connectivity index (χ0) is 24.5. The summed E-state index contributed by atoms with van der Waals surface area (Å²) in [6, 6.07) is 20.7. The molecule has 1 atom stereocenters. The van der Waals surface area contributed by atoms with E-state index in [-0.39, 0.29) is 18.2 Å². The predicted octanol–water partition coefficient (Wildman–Crippen LogP) is 6.37. The summed E-state index contributed by atoms with van der Waals surface area (Å²) in [7, 11) is 0. The number of benzene rings is 3. The number of anilines is 3. The average molecular weight is 506 g/mol. The summed E-state index contributed by atoms with van der Waals surface area (Å²) in [6.07, 6.45) is 0.132. The Kier molecular flexibility index (Phi) is 6.45. The molecule has 2 amide bonds. The number of rotatable bonds is 6. The third kappa shape index (κ3) is 4.61. The van der Waals surface area contributed by atoms with Gasteiger partial charge in [-0.15, -0.1) is 0 Å². The van der Waals surface area contributed by atoms with Crippen molar-refractivity contribution < 1.29 is 14.3 Å². The third-order valence-electron chi connectivity index (χ3n) is 6.04. The van der Waals surface area contributed by atoms with Crippen molar-refractivity contribution in [2.45, 2.75) is 20.3 Å². The molecule has 2 heterocycles. The molecule has 1 aromatic heterocycles. The maximum atomic E-state index is 13.9. The number of hydrogen-bond acceptors (Lipinski definition) is 5. The smallest absolute Gasteiger partial charge is 0.238 e. The van der Waals surface area contributed by atoms with Gasteiger partial charge in [-0.05, 0) is 67.9 Å². The highest BCUT2D eigenvalue weighted by atomic mass is 35.5. The average Bonchev–Trinajstić information content (AvgIpc) is 3.45. The molecule has 0 saturated carbocycles. The number of thiazole rings is 1. The van der Waals surface area contributed by atoms with Crippen LogP contribution in [0.5, 0.6) is 5.75 Å². The van der Waals surface area contributed by atoms with Crippen LogP contribution in [0, 0.1) is 12.8 Å². The highest BCUT2D eigenvalue weighted by Gasteiger charge is 2.39. The van der Waals surface area contributed by atoms with Crippen LogP contribution in [0.15, 0.2) is 66.7 Å². The molecule has 178 valence electrons. The number of hydrogen-bond donors (Lipinski definition) is 0. The fourth-order valence-electron chi connectivity index (χ4n) is 4.20. The summed E-state index contributed by atoms with van der Waals surface area (Å²) in [5.41, 5.74) is 3.13. The summed E-state index contributed by atoms with van der Waals surface area (Å²) in [4.78, 5) is 34.9. The minimum atomic E-state index is -0.513. The Bertz CT molecular complexity index is 1370. The lowest BCUT2D eigenvalue weighted by Crippen LogP contribution is -2.34. The van der Waals surface area contributed by atoms with E-state index in [1.165, 1.54) is 11.3 Å². The minimum absolute atomic E-state index is 0.0845. The lowest BCUT2D eigenvalue weighted by atomic mass is 10.1. The van der Waals surface area contributed by atoms with E-state index in [0.717, 1.165) is 27.2 Å². The van der Waals surface area contributed by atoms with E-state index in [0.29, 0.717) is 29.0 Å². The second-order valence-corrected chi connectivity index (χ2v) is 9.82. The first-order valence-electron chi connectivity index (χ1n) is 11.4. The molecule has 0 N–H and O–H groups in total. The van der Waals surface area contributed by atoms with E-state index >= 15 is 0 Å². The molecule has 1 fully saturated rings. The standard InChI is InChI=1S/C27H24ClN3O3S/c1-3-34-21-12-10-19(11-13-21)30-16-18(14-25(30)32)26(33)31(20-9-8-17(2)22(28)15-20)27-29-23-6-4-5-7-24(23)35-27/h4-13,15,18H,3,14,16H2,1-2H3/t18-/m0/s1. The number of halogens is 1. The van der Waals surface area contributed by atoms with Gasteiger partial charge in [0.15, 0.2) is 5.13 Å². The van der Waals surface area contributed by atoms with Crippen molar-refractivity contribution in [3.8, 4) is 5.75 Å². The number of carbonyl (C=O) groups is 2. The van der Waals surface area contributed by atoms with E-state index in [4.69, 9.17) is 21.3 Å². The molecular formula is C27H24ClN3O3S. The van der Waals surface area contributed by atoms with Crippen LogP contribution >= 0.6 is 22.9 Å². The van der Waals surface area contributed by atoms with Gasteiger partial charge >= 0.3 is 0 Å². The number of nitrogens with zero attached hydrogens (tertiary/aromatic N) is 3. The maximum absolute atomic E-state index is 13.9. The number of ether oxygens (including phenoxy) is 1. The Morgan fingerprint density at radius 3 is 2.66 bits per heavy atom. The Hall–Kier alpha value is -3.42. The monoisotopic (exact) mass is 505 g/mol. The molecule has 1 aliphatic heterocycles. The molecule has 0 unspecified atom stereocenters. The van der Waals surface area contributed by atoms with Crippen molar-refractivity contribution in [3.63, 3.8) is 0 Å². The summed E-state index contributed by atoms with van der Waals surface area (Å²) in [5.74, 6) is -0.0283. The molecular weight excluding hydrogens is 482 g/mol. The van der Waals surface area contributed by atoms with Crippen molar-refractivity contribution in [1.82, 2.24) is 4.98 Å². The molecule has 0 bridgehead atoms. The predicted molar refractivity (Wildman–Crippen MR) is 141 cm³/mol. The van der Waals surface area contributed by atoms with Gasteiger partial charge in [-0.3, -0.25) is 14.5 Å². The number of fused-ring (bicyclic) bond motifs is 1. The van der Waals surface area contributed by atoms with Crippen LogP contribution < -0.4 is 14.5 Å².